The Kier molecular flexibility index (Phi) is 5.28. The Morgan fingerprint density at radius 3 is 2.74 bits per heavy atom. The van der Waals surface area contributed by atoms with E-state index in [1.165, 1.54) is 41.1 Å². The molecule has 0 bridgehead atoms. The van der Waals surface area contributed by atoms with Gasteiger partial charge in [0.15, 0.2) is 5.69 Å². The number of rotatable bonds is 3. The third-order valence-corrected chi connectivity index (χ3v) is 5.47. The van der Waals surface area contributed by atoms with Crippen LogP contribution in [0.25, 0.3) is 5.69 Å². The molecule has 0 aliphatic carbocycles. The molecule has 0 radical (unpaired) electrons. The number of aryl methyl sites for hydroxylation is 1. The molecule has 2 heterocycles. The van der Waals surface area contributed by atoms with Gasteiger partial charge in [0.2, 0.25) is 5.43 Å². The van der Waals surface area contributed by atoms with Crippen LogP contribution in [0.3, 0.4) is 0 Å². The summed E-state index contributed by atoms with van der Waals surface area (Å²) in [6.45, 7) is 1.73. The second-order valence-corrected chi connectivity index (χ2v) is 7.48. The first kappa shape index (κ1) is 20.7. The number of benzene rings is 2. The zero-order valence-corrected chi connectivity index (χ0v) is 17.1. The van der Waals surface area contributed by atoms with Gasteiger partial charge in [0, 0.05) is 29.4 Å². The van der Waals surface area contributed by atoms with Gasteiger partial charge >= 0.3 is 0 Å². The number of aromatic nitrogens is 2. The van der Waals surface area contributed by atoms with E-state index >= 15 is 0 Å². The molecular weight excluding hydrogens is 427 g/mol. The maximum atomic E-state index is 14.6. The number of anilines is 1. The van der Waals surface area contributed by atoms with E-state index < -0.39 is 27.8 Å². The summed E-state index contributed by atoms with van der Waals surface area (Å²) in [7, 11) is 0. The summed E-state index contributed by atoms with van der Waals surface area (Å²) in [6.07, 6.45) is 1.03. The molecule has 0 N–H and O–H groups in total. The Hall–Kier alpha value is -3.59. The summed E-state index contributed by atoms with van der Waals surface area (Å²) in [5, 5.41) is 15.9. The number of hydrogen-bond acceptors (Lipinski definition) is 5. The van der Waals surface area contributed by atoms with Crippen molar-refractivity contribution >= 4 is 28.9 Å². The lowest BCUT2D eigenvalue weighted by Gasteiger charge is -2.30. The number of nitro groups is 1. The van der Waals surface area contributed by atoms with Crippen LogP contribution in [0.4, 0.5) is 15.8 Å². The van der Waals surface area contributed by atoms with Gasteiger partial charge in [0.1, 0.15) is 11.5 Å². The minimum Gasteiger partial charge on any atom is -0.304 e. The lowest BCUT2D eigenvalue weighted by molar-refractivity contribution is -0.384. The number of nitro benzene ring substituents is 1. The van der Waals surface area contributed by atoms with E-state index in [0.717, 1.165) is 4.90 Å². The molecule has 0 spiro atoms. The van der Waals surface area contributed by atoms with Crippen LogP contribution in [0.2, 0.25) is 5.02 Å². The number of hydrogen-bond donors (Lipinski definition) is 0. The van der Waals surface area contributed by atoms with Gasteiger partial charge < -0.3 is 4.90 Å². The molecule has 2 aromatic carbocycles. The topological polar surface area (TPSA) is 98.3 Å². The van der Waals surface area contributed by atoms with Crippen LogP contribution in [0.5, 0.6) is 0 Å². The van der Waals surface area contributed by atoms with Crippen molar-refractivity contribution in [2.24, 2.45) is 0 Å². The van der Waals surface area contributed by atoms with E-state index in [0.29, 0.717) is 29.1 Å². The largest absolute Gasteiger partial charge is 0.304 e. The number of halogens is 2. The van der Waals surface area contributed by atoms with Gasteiger partial charge in [-0.15, -0.1) is 0 Å². The van der Waals surface area contributed by atoms with Crippen molar-refractivity contribution in [2.45, 2.75) is 19.8 Å². The van der Waals surface area contributed by atoms with Crippen LogP contribution in [-0.4, -0.2) is 27.2 Å². The smallest absolute Gasteiger partial charge is 0.294 e. The molecule has 1 aliphatic heterocycles. The fourth-order valence-electron chi connectivity index (χ4n) is 3.71. The monoisotopic (exact) mass is 442 g/mol. The Morgan fingerprint density at radius 1 is 1.26 bits per heavy atom. The summed E-state index contributed by atoms with van der Waals surface area (Å²) in [6, 6.07) is 9.62. The molecule has 0 saturated carbocycles. The molecule has 8 nitrogen and oxygen atoms in total. The highest BCUT2D eigenvalue weighted by Crippen LogP contribution is 2.35. The fourth-order valence-corrected chi connectivity index (χ4v) is 3.95. The Bertz CT molecular complexity index is 1290. The van der Waals surface area contributed by atoms with Crippen molar-refractivity contribution in [3.05, 3.63) is 90.6 Å². The van der Waals surface area contributed by atoms with Crippen LogP contribution in [0, 0.1) is 22.9 Å². The number of nitrogens with zero attached hydrogens (tertiary/aromatic N) is 4. The first-order valence-corrected chi connectivity index (χ1v) is 9.81. The first-order chi connectivity index (χ1) is 14.8. The van der Waals surface area contributed by atoms with Gasteiger partial charge in [-0.3, -0.25) is 19.7 Å². The van der Waals surface area contributed by atoms with Crippen molar-refractivity contribution in [1.82, 2.24) is 9.78 Å². The van der Waals surface area contributed by atoms with E-state index in [4.69, 9.17) is 11.6 Å². The number of amides is 1. The maximum Gasteiger partial charge on any atom is 0.294 e. The Labute approximate surface area is 180 Å². The summed E-state index contributed by atoms with van der Waals surface area (Å²) in [5.41, 5.74) is -0.421. The summed E-state index contributed by atoms with van der Waals surface area (Å²) in [5.74, 6) is -1.42. The standard InChI is InChI=1S/C21H16ClFN4O4/c1-12-11-18(28)19(24-26(12)16-6-2-3-7-17(16)27(30)31)21(29)25-10-4-5-13-14(22)8-9-15(23)20(13)25/h2-3,6-9,11H,4-5,10H2,1H3. The predicted molar refractivity (Wildman–Crippen MR) is 113 cm³/mol. The molecule has 0 saturated heterocycles. The molecule has 0 unspecified atom stereocenters. The summed E-state index contributed by atoms with van der Waals surface area (Å²) in [4.78, 5) is 37.9. The molecule has 1 aromatic heterocycles. The molecular formula is C21H16ClFN4O4. The minimum absolute atomic E-state index is 0.0303. The third kappa shape index (κ3) is 3.57. The van der Waals surface area contributed by atoms with Gasteiger partial charge in [-0.25, -0.2) is 9.07 Å². The zero-order chi connectivity index (χ0) is 22.3. The molecule has 0 atom stereocenters. The molecule has 1 amide bonds. The molecule has 0 fully saturated rings. The average Bonchev–Trinajstić information content (AvgIpc) is 2.75. The molecule has 10 heteroatoms. The minimum atomic E-state index is -0.792. The fraction of sp³-hybridized carbons (Fsp3) is 0.190. The maximum absolute atomic E-state index is 14.6. The van der Waals surface area contributed by atoms with Gasteiger partial charge in [0.25, 0.3) is 11.6 Å². The quantitative estimate of drug-likeness (QED) is 0.453. The molecule has 4 rings (SSSR count). The van der Waals surface area contributed by atoms with Crippen LogP contribution in [-0.2, 0) is 6.42 Å². The number of carbonyl (C=O) groups excluding carboxylic acids is 1. The third-order valence-electron chi connectivity index (χ3n) is 5.12. The van der Waals surface area contributed by atoms with Gasteiger partial charge in [-0.2, -0.15) is 5.10 Å². The van der Waals surface area contributed by atoms with E-state index in [1.807, 2.05) is 0 Å². The van der Waals surface area contributed by atoms with E-state index in [9.17, 15) is 24.1 Å². The highest BCUT2D eigenvalue weighted by molar-refractivity contribution is 6.32. The lowest BCUT2D eigenvalue weighted by Crippen LogP contribution is -2.40. The Balaban J connectivity index is 1.86. The average molecular weight is 443 g/mol. The van der Waals surface area contributed by atoms with Crippen molar-refractivity contribution in [1.29, 1.82) is 0 Å². The summed E-state index contributed by atoms with van der Waals surface area (Å²) >= 11 is 6.18. The lowest BCUT2D eigenvalue weighted by atomic mass is 10.0. The SMILES string of the molecule is Cc1cc(=O)c(C(=O)N2CCCc3c(Cl)ccc(F)c32)nn1-c1ccccc1[N+](=O)[O-]. The van der Waals surface area contributed by atoms with Crippen molar-refractivity contribution in [3.63, 3.8) is 0 Å². The predicted octanol–water partition coefficient (Wildman–Crippen LogP) is 3.83. The Morgan fingerprint density at radius 2 is 2.00 bits per heavy atom. The normalized spacial score (nSPS) is 13.1. The molecule has 31 heavy (non-hydrogen) atoms. The second kappa shape index (κ2) is 7.92. The van der Waals surface area contributed by atoms with Crippen molar-refractivity contribution < 1.29 is 14.1 Å². The van der Waals surface area contributed by atoms with Gasteiger partial charge in [0.05, 0.1) is 10.6 Å². The number of para-hydroxylation sites is 2. The van der Waals surface area contributed by atoms with Crippen LogP contribution < -0.4 is 10.3 Å². The van der Waals surface area contributed by atoms with E-state index in [-0.39, 0.29) is 23.6 Å². The van der Waals surface area contributed by atoms with E-state index in [1.54, 1.807) is 13.0 Å². The number of fused-ring (bicyclic) bond motifs is 1. The first-order valence-electron chi connectivity index (χ1n) is 9.43. The molecule has 3 aromatic rings. The van der Waals surface area contributed by atoms with Gasteiger partial charge in [-0.1, -0.05) is 23.7 Å². The zero-order valence-electron chi connectivity index (χ0n) is 16.3. The molecule has 158 valence electrons. The van der Waals surface area contributed by atoms with Crippen molar-refractivity contribution in [2.75, 3.05) is 11.4 Å². The van der Waals surface area contributed by atoms with E-state index in [2.05, 4.69) is 5.10 Å². The highest BCUT2D eigenvalue weighted by Gasteiger charge is 2.31. The second-order valence-electron chi connectivity index (χ2n) is 7.07. The van der Waals surface area contributed by atoms with Crippen LogP contribution in [0.15, 0.2) is 47.3 Å². The summed E-state index contributed by atoms with van der Waals surface area (Å²) < 4.78 is 15.8. The van der Waals surface area contributed by atoms with Crippen LogP contribution >= 0.6 is 11.6 Å². The van der Waals surface area contributed by atoms with Crippen molar-refractivity contribution in [3.8, 4) is 5.69 Å². The molecule has 1 aliphatic rings. The highest BCUT2D eigenvalue weighted by atomic mass is 35.5. The number of carbonyl (C=O) groups is 1. The van der Waals surface area contributed by atoms with Crippen LogP contribution in [0.1, 0.15) is 28.2 Å². The van der Waals surface area contributed by atoms with Gasteiger partial charge in [-0.05, 0) is 43.5 Å².